The zero-order chi connectivity index (χ0) is 12.6. The van der Waals surface area contributed by atoms with Crippen LogP contribution in [0.25, 0.3) is 0 Å². The molecule has 1 aliphatic carbocycles. The number of rotatable bonds is 3. The number of carbonyl (C=O) groups is 2. The molecule has 1 aromatic carbocycles. The van der Waals surface area contributed by atoms with E-state index in [1.807, 2.05) is 0 Å². The van der Waals surface area contributed by atoms with Crippen molar-refractivity contribution in [3.63, 3.8) is 0 Å². The summed E-state index contributed by atoms with van der Waals surface area (Å²) in [5.74, 6) is -1.59. The van der Waals surface area contributed by atoms with Crippen LogP contribution >= 0.6 is 0 Å². The third-order valence-corrected chi connectivity index (χ3v) is 4.65. The Morgan fingerprint density at radius 3 is 2.29 bits per heavy atom. The molecule has 5 heteroatoms. The van der Waals surface area contributed by atoms with Crippen molar-refractivity contribution in [1.29, 1.82) is 0 Å². The molecule has 90 valence electrons. The molecule has 0 spiro atoms. The van der Waals surface area contributed by atoms with Crippen LogP contribution in [0.4, 0.5) is 0 Å². The summed E-state index contributed by atoms with van der Waals surface area (Å²) in [6.07, 6.45) is 0.513. The van der Waals surface area contributed by atoms with E-state index in [0.29, 0.717) is 6.42 Å². The first kappa shape index (κ1) is 12.0. The molecule has 0 saturated heterocycles. The summed E-state index contributed by atoms with van der Waals surface area (Å²) < 4.78 is 23.8. The zero-order valence-corrected chi connectivity index (χ0v) is 10.1. The van der Waals surface area contributed by atoms with Crippen molar-refractivity contribution in [2.24, 2.45) is 11.8 Å². The van der Waals surface area contributed by atoms with Crippen LogP contribution in [0.3, 0.4) is 0 Å². The van der Waals surface area contributed by atoms with E-state index in [1.165, 1.54) is 12.1 Å². The number of sulfone groups is 1. The van der Waals surface area contributed by atoms with E-state index >= 15 is 0 Å². The smallest absolute Gasteiger partial charge is 0.262 e. The average Bonchev–Trinajstić information content (AvgIpc) is 2.99. The second-order valence-corrected chi connectivity index (χ2v) is 5.91. The van der Waals surface area contributed by atoms with Crippen molar-refractivity contribution in [3.8, 4) is 0 Å². The van der Waals surface area contributed by atoms with Gasteiger partial charge in [-0.15, -0.1) is 0 Å². The van der Waals surface area contributed by atoms with Gasteiger partial charge in [0.15, 0.2) is 0 Å². The standard InChI is InChI=1S/C12H12O4S/c1-2-9-10(11(9)13)12(14)17(15,16)8-6-4-3-5-7-8/h3-7,9-10H,2H2,1H3. The van der Waals surface area contributed by atoms with Crippen molar-refractivity contribution in [1.82, 2.24) is 0 Å². The monoisotopic (exact) mass is 252 g/mol. The molecule has 1 fully saturated rings. The predicted molar refractivity (Wildman–Crippen MR) is 60.9 cm³/mol. The van der Waals surface area contributed by atoms with Gasteiger partial charge in [0.2, 0.25) is 9.84 Å². The predicted octanol–water partition coefficient (Wildman–Crippen LogP) is 1.21. The number of carbonyl (C=O) groups excluding carboxylic acids is 2. The van der Waals surface area contributed by atoms with Crippen molar-refractivity contribution in [3.05, 3.63) is 30.3 Å². The van der Waals surface area contributed by atoms with E-state index in [4.69, 9.17) is 0 Å². The Morgan fingerprint density at radius 1 is 1.24 bits per heavy atom. The lowest BCUT2D eigenvalue weighted by molar-refractivity contribution is -0.117. The van der Waals surface area contributed by atoms with Crippen LogP contribution in [0.5, 0.6) is 0 Å². The van der Waals surface area contributed by atoms with Gasteiger partial charge in [0, 0.05) is 5.92 Å². The molecule has 2 atom stereocenters. The molecule has 0 aromatic heterocycles. The van der Waals surface area contributed by atoms with E-state index in [1.54, 1.807) is 25.1 Å². The second-order valence-electron chi connectivity index (χ2n) is 4.03. The van der Waals surface area contributed by atoms with Crippen LogP contribution in [-0.2, 0) is 19.4 Å². The fourth-order valence-corrected chi connectivity index (χ4v) is 3.25. The summed E-state index contributed by atoms with van der Waals surface area (Å²) in [5, 5.41) is -0.958. The molecular formula is C12H12O4S. The minimum Gasteiger partial charge on any atom is -0.298 e. The van der Waals surface area contributed by atoms with Gasteiger partial charge in [-0.25, -0.2) is 8.42 Å². The van der Waals surface area contributed by atoms with Crippen LogP contribution in [0.1, 0.15) is 13.3 Å². The first-order valence-electron chi connectivity index (χ1n) is 5.38. The van der Waals surface area contributed by atoms with Crippen LogP contribution in [0.2, 0.25) is 0 Å². The minimum absolute atomic E-state index is 0.0421. The lowest BCUT2D eigenvalue weighted by Gasteiger charge is -2.01. The number of ketones is 1. The first-order valence-corrected chi connectivity index (χ1v) is 6.86. The third-order valence-electron chi connectivity index (χ3n) is 2.98. The summed E-state index contributed by atoms with van der Waals surface area (Å²) in [6.45, 7) is 1.77. The number of Topliss-reactive ketones (excluding diaryl/α,β-unsaturated/α-hetero) is 1. The van der Waals surface area contributed by atoms with E-state index in [9.17, 15) is 18.0 Å². The van der Waals surface area contributed by atoms with Crippen molar-refractivity contribution in [2.75, 3.05) is 0 Å². The van der Waals surface area contributed by atoms with Gasteiger partial charge in [-0.1, -0.05) is 25.1 Å². The van der Waals surface area contributed by atoms with E-state index in [-0.39, 0.29) is 10.7 Å². The third kappa shape index (κ3) is 1.91. The van der Waals surface area contributed by atoms with E-state index in [2.05, 4.69) is 0 Å². The van der Waals surface area contributed by atoms with Crippen LogP contribution < -0.4 is 0 Å². The maximum absolute atomic E-state index is 11.9. The fraction of sp³-hybridized carbons (Fsp3) is 0.333. The minimum atomic E-state index is -4.01. The molecule has 0 bridgehead atoms. The Balaban J connectivity index is 2.30. The summed E-state index contributed by atoms with van der Waals surface area (Å²) >= 11 is 0. The second kappa shape index (κ2) is 4.07. The Hall–Kier alpha value is -1.49. The largest absolute Gasteiger partial charge is 0.298 e. The van der Waals surface area contributed by atoms with Gasteiger partial charge in [0.25, 0.3) is 5.12 Å². The Labute approximate surface area is 99.6 Å². The number of benzene rings is 1. The highest BCUT2D eigenvalue weighted by atomic mass is 32.2. The quantitative estimate of drug-likeness (QED) is 0.758. The number of hydrogen-bond donors (Lipinski definition) is 0. The molecule has 0 N–H and O–H groups in total. The molecule has 0 amide bonds. The highest BCUT2D eigenvalue weighted by Gasteiger charge is 2.56. The van der Waals surface area contributed by atoms with Gasteiger partial charge >= 0.3 is 0 Å². The summed E-state index contributed by atoms with van der Waals surface area (Å²) in [5.41, 5.74) is 0. The van der Waals surface area contributed by atoms with E-state index in [0.717, 1.165) is 0 Å². The van der Waals surface area contributed by atoms with Crippen LogP contribution in [-0.4, -0.2) is 19.3 Å². The van der Waals surface area contributed by atoms with Gasteiger partial charge in [-0.2, -0.15) is 0 Å². The van der Waals surface area contributed by atoms with Gasteiger partial charge in [-0.05, 0) is 18.6 Å². The first-order chi connectivity index (χ1) is 8.00. The lowest BCUT2D eigenvalue weighted by Crippen LogP contribution is -2.18. The normalized spacial score (nSPS) is 23.5. The molecule has 1 aromatic rings. The van der Waals surface area contributed by atoms with Gasteiger partial charge in [0.1, 0.15) is 11.7 Å². The summed E-state index contributed by atoms with van der Waals surface area (Å²) in [4.78, 5) is 23.0. The zero-order valence-electron chi connectivity index (χ0n) is 9.29. The van der Waals surface area contributed by atoms with Crippen LogP contribution in [0, 0.1) is 11.8 Å². The summed E-state index contributed by atoms with van der Waals surface area (Å²) in [6, 6.07) is 7.49. The molecule has 0 radical (unpaired) electrons. The Kier molecular flexibility index (Phi) is 2.87. The van der Waals surface area contributed by atoms with Gasteiger partial charge in [-0.3, -0.25) is 9.59 Å². The highest BCUT2D eigenvalue weighted by Crippen LogP contribution is 2.39. The molecule has 1 saturated carbocycles. The van der Waals surface area contributed by atoms with E-state index < -0.39 is 26.8 Å². The topological polar surface area (TPSA) is 68.3 Å². The van der Waals surface area contributed by atoms with Gasteiger partial charge < -0.3 is 0 Å². The lowest BCUT2D eigenvalue weighted by atomic mass is 10.3. The Bertz CT molecular complexity index is 559. The summed E-state index contributed by atoms with van der Waals surface area (Å²) in [7, 11) is -4.01. The molecule has 17 heavy (non-hydrogen) atoms. The van der Waals surface area contributed by atoms with Crippen LogP contribution in [0.15, 0.2) is 35.2 Å². The van der Waals surface area contributed by atoms with Gasteiger partial charge in [0.05, 0.1) is 4.90 Å². The Morgan fingerprint density at radius 2 is 1.82 bits per heavy atom. The maximum atomic E-state index is 11.9. The SMILES string of the molecule is CCC1C(=O)C1C(=O)S(=O)(=O)c1ccccc1. The molecule has 4 nitrogen and oxygen atoms in total. The molecule has 2 rings (SSSR count). The van der Waals surface area contributed by atoms with Crippen molar-refractivity contribution in [2.45, 2.75) is 18.2 Å². The van der Waals surface area contributed by atoms with Crippen molar-refractivity contribution >= 4 is 20.7 Å². The molecule has 2 unspecified atom stereocenters. The maximum Gasteiger partial charge on any atom is 0.262 e. The molecule has 0 heterocycles. The van der Waals surface area contributed by atoms with Crippen molar-refractivity contribution < 1.29 is 18.0 Å². The molecule has 0 aliphatic heterocycles. The number of hydrogen-bond acceptors (Lipinski definition) is 4. The molecule has 1 aliphatic rings. The molecular weight excluding hydrogens is 240 g/mol. The fourth-order valence-electron chi connectivity index (χ4n) is 1.89. The highest BCUT2D eigenvalue weighted by molar-refractivity contribution is 8.06. The average molecular weight is 252 g/mol.